The van der Waals surface area contributed by atoms with E-state index in [1.165, 1.54) is 0 Å². The number of benzene rings is 1. The van der Waals surface area contributed by atoms with E-state index < -0.39 is 0 Å². The van der Waals surface area contributed by atoms with Crippen LogP contribution in [0.4, 0.5) is 0 Å². The number of carbonyl (C=O) groups excluding carboxylic acids is 1. The van der Waals surface area contributed by atoms with Gasteiger partial charge in [-0.15, -0.1) is 10.2 Å². The number of hydrogen-bond donors (Lipinski definition) is 0. The molecule has 1 amide bonds. The molecule has 150 valence electrons. The molecule has 0 saturated carbocycles. The maximum Gasteiger partial charge on any atom is 0.254 e. The third kappa shape index (κ3) is 3.40. The number of hydrogen-bond acceptors (Lipinski definition) is 5. The van der Waals surface area contributed by atoms with Gasteiger partial charge in [-0.05, 0) is 51.2 Å². The van der Waals surface area contributed by atoms with Crippen molar-refractivity contribution < 1.29 is 4.79 Å². The molecule has 0 atom stereocenters. The number of nitrogens with zero attached hydrogens (tertiary/aromatic N) is 6. The molecule has 1 aromatic carbocycles. The molecule has 2 aliphatic heterocycles. The van der Waals surface area contributed by atoms with Gasteiger partial charge in [-0.2, -0.15) is 0 Å². The molecule has 0 bridgehead atoms. The molecule has 1 fully saturated rings. The number of pyridine rings is 1. The lowest BCUT2D eigenvalue weighted by atomic mass is 9.96. The molecule has 5 rings (SSSR count). The lowest BCUT2D eigenvalue weighted by molar-refractivity contribution is 0.0760. The van der Waals surface area contributed by atoms with Gasteiger partial charge in [-0.1, -0.05) is 12.1 Å². The molecule has 0 aliphatic carbocycles. The molecule has 0 unspecified atom stereocenters. The standard InChI is InChI=1S/C22H26N6O/c1-26-11-7-16(8-12-26)21-25-24-20-9-13-27(14-15-28(20)21)22(29)18-4-2-6-19-17(18)5-3-10-23-19/h2-6,10,16H,7-9,11-15H2,1H3. The summed E-state index contributed by atoms with van der Waals surface area (Å²) < 4.78 is 2.27. The largest absolute Gasteiger partial charge is 0.336 e. The predicted octanol–water partition coefficient (Wildman–Crippen LogP) is 2.33. The second-order valence-electron chi connectivity index (χ2n) is 8.12. The normalized spacial score (nSPS) is 18.6. The maximum atomic E-state index is 13.3. The van der Waals surface area contributed by atoms with Crippen molar-refractivity contribution in [2.75, 3.05) is 33.2 Å². The second-order valence-corrected chi connectivity index (χ2v) is 8.12. The number of amides is 1. The van der Waals surface area contributed by atoms with Crippen molar-refractivity contribution in [2.24, 2.45) is 0 Å². The van der Waals surface area contributed by atoms with Gasteiger partial charge in [0, 0.05) is 49.1 Å². The van der Waals surface area contributed by atoms with E-state index in [9.17, 15) is 4.79 Å². The fourth-order valence-corrected chi connectivity index (χ4v) is 4.58. The van der Waals surface area contributed by atoms with Crippen LogP contribution in [0.25, 0.3) is 10.9 Å². The highest BCUT2D eigenvalue weighted by atomic mass is 16.2. The Morgan fingerprint density at radius 2 is 1.86 bits per heavy atom. The Labute approximate surface area is 170 Å². The molecule has 1 saturated heterocycles. The summed E-state index contributed by atoms with van der Waals surface area (Å²) in [6, 6.07) is 9.62. The molecule has 7 heteroatoms. The molecule has 7 nitrogen and oxygen atoms in total. The minimum Gasteiger partial charge on any atom is -0.336 e. The molecule has 0 spiro atoms. The van der Waals surface area contributed by atoms with Gasteiger partial charge in [0.05, 0.1) is 5.52 Å². The summed E-state index contributed by atoms with van der Waals surface area (Å²) in [6.07, 6.45) is 4.76. The van der Waals surface area contributed by atoms with E-state index >= 15 is 0 Å². The van der Waals surface area contributed by atoms with Crippen molar-refractivity contribution in [2.45, 2.75) is 31.7 Å². The first-order chi connectivity index (χ1) is 14.2. The molecule has 3 aromatic rings. The van der Waals surface area contributed by atoms with Gasteiger partial charge in [0.2, 0.25) is 0 Å². The zero-order valence-corrected chi connectivity index (χ0v) is 16.8. The summed E-state index contributed by atoms with van der Waals surface area (Å²) in [6.45, 7) is 4.32. The van der Waals surface area contributed by atoms with Crippen molar-refractivity contribution in [1.29, 1.82) is 0 Å². The van der Waals surface area contributed by atoms with Crippen molar-refractivity contribution in [3.05, 3.63) is 53.7 Å². The summed E-state index contributed by atoms with van der Waals surface area (Å²) in [7, 11) is 2.17. The fourth-order valence-electron chi connectivity index (χ4n) is 4.58. The van der Waals surface area contributed by atoms with Crippen molar-refractivity contribution >= 4 is 16.8 Å². The van der Waals surface area contributed by atoms with E-state index in [1.807, 2.05) is 35.2 Å². The van der Waals surface area contributed by atoms with Gasteiger partial charge in [0.1, 0.15) is 11.6 Å². The van der Waals surface area contributed by atoms with Crippen LogP contribution >= 0.6 is 0 Å². The van der Waals surface area contributed by atoms with Gasteiger partial charge >= 0.3 is 0 Å². The Kier molecular flexibility index (Phi) is 4.75. The first-order valence-electron chi connectivity index (χ1n) is 10.4. The Bertz CT molecular complexity index is 1030. The maximum absolute atomic E-state index is 13.3. The van der Waals surface area contributed by atoms with E-state index in [1.54, 1.807) is 6.20 Å². The molecular weight excluding hydrogens is 364 g/mol. The van der Waals surface area contributed by atoms with Crippen LogP contribution in [0.5, 0.6) is 0 Å². The van der Waals surface area contributed by atoms with E-state index in [4.69, 9.17) is 0 Å². The Morgan fingerprint density at radius 1 is 1.00 bits per heavy atom. The average molecular weight is 390 g/mol. The quantitative estimate of drug-likeness (QED) is 0.672. The van der Waals surface area contributed by atoms with Gasteiger partial charge in [0.15, 0.2) is 0 Å². The molecule has 2 aromatic heterocycles. The second kappa shape index (κ2) is 7.55. The number of carbonyl (C=O) groups is 1. The molecule has 0 N–H and O–H groups in total. The van der Waals surface area contributed by atoms with E-state index in [0.717, 1.165) is 67.0 Å². The van der Waals surface area contributed by atoms with Gasteiger partial charge in [-0.25, -0.2) is 0 Å². The van der Waals surface area contributed by atoms with E-state index in [2.05, 4.69) is 31.7 Å². The Hall–Kier alpha value is -2.80. The SMILES string of the molecule is CN1CCC(c2nnc3n2CCN(C(=O)c2cccc4ncccc24)CC3)CC1. The smallest absolute Gasteiger partial charge is 0.254 e. The first-order valence-corrected chi connectivity index (χ1v) is 10.4. The lowest BCUT2D eigenvalue weighted by Crippen LogP contribution is -2.34. The van der Waals surface area contributed by atoms with Crippen LogP contribution in [0.1, 0.15) is 40.8 Å². The third-order valence-corrected chi connectivity index (χ3v) is 6.30. The molecular formula is C22H26N6O. The average Bonchev–Trinajstić information content (AvgIpc) is 3.04. The Morgan fingerprint density at radius 3 is 2.72 bits per heavy atom. The van der Waals surface area contributed by atoms with Crippen LogP contribution in [0.2, 0.25) is 0 Å². The number of rotatable bonds is 2. The van der Waals surface area contributed by atoms with Crippen molar-refractivity contribution in [3.8, 4) is 0 Å². The summed E-state index contributed by atoms with van der Waals surface area (Å²) >= 11 is 0. The molecule has 4 heterocycles. The third-order valence-electron chi connectivity index (χ3n) is 6.30. The zero-order chi connectivity index (χ0) is 19.8. The summed E-state index contributed by atoms with van der Waals surface area (Å²) in [5, 5.41) is 9.93. The van der Waals surface area contributed by atoms with Crippen LogP contribution < -0.4 is 0 Å². The van der Waals surface area contributed by atoms with E-state index in [-0.39, 0.29) is 5.91 Å². The highest BCUT2D eigenvalue weighted by Gasteiger charge is 2.28. The molecule has 29 heavy (non-hydrogen) atoms. The summed E-state index contributed by atoms with van der Waals surface area (Å²) in [5.41, 5.74) is 1.58. The summed E-state index contributed by atoms with van der Waals surface area (Å²) in [4.78, 5) is 22.0. The topological polar surface area (TPSA) is 67.2 Å². The van der Waals surface area contributed by atoms with Gasteiger partial charge in [-0.3, -0.25) is 9.78 Å². The minimum absolute atomic E-state index is 0.0724. The first kappa shape index (κ1) is 18.2. The molecule has 2 aliphatic rings. The fraction of sp³-hybridized carbons (Fsp3) is 0.455. The lowest BCUT2D eigenvalue weighted by Gasteiger charge is -2.28. The van der Waals surface area contributed by atoms with Crippen LogP contribution in [0.15, 0.2) is 36.5 Å². The minimum atomic E-state index is 0.0724. The van der Waals surface area contributed by atoms with Crippen LogP contribution in [0, 0.1) is 0 Å². The number of fused-ring (bicyclic) bond motifs is 2. The van der Waals surface area contributed by atoms with Crippen LogP contribution in [0.3, 0.4) is 0 Å². The van der Waals surface area contributed by atoms with Crippen LogP contribution in [-0.2, 0) is 13.0 Å². The van der Waals surface area contributed by atoms with Crippen molar-refractivity contribution in [1.82, 2.24) is 29.5 Å². The van der Waals surface area contributed by atoms with Crippen molar-refractivity contribution in [3.63, 3.8) is 0 Å². The van der Waals surface area contributed by atoms with Crippen LogP contribution in [-0.4, -0.2) is 68.7 Å². The van der Waals surface area contributed by atoms with Gasteiger partial charge in [0.25, 0.3) is 5.91 Å². The van der Waals surface area contributed by atoms with E-state index in [0.29, 0.717) is 19.0 Å². The number of likely N-dealkylation sites (tertiary alicyclic amines) is 1. The monoisotopic (exact) mass is 390 g/mol. The Balaban J connectivity index is 1.36. The molecule has 0 radical (unpaired) electrons. The predicted molar refractivity (Wildman–Crippen MR) is 111 cm³/mol. The highest BCUT2D eigenvalue weighted by Crippen LogP contribution is 2.28. The van der Waals surface area contributed by atoms with Gasteiger partial charge < -0.3 is 14.4 Å². The highest BCUT2D eigenvalue weighted by molar-refractivity contribution is 6.06. The number of piperidine rings is 1. The summed E-state index contributed by atoms with van der Waals surface area (Å²) in [5.74, 6) is 2.66. The zero-order valence-electron chi connectivity index (χ0n) is 16.8. The number of aromatic nitrogens is 4.